The molecule has 194 valence electrons. The molecule has 1 fully saturated rings. The molecule has 2 aromatic rings. The van der Waals surface area contributed by atoms with E-state index in [2.05, 4.69) is 4.90 Å². The molecule has 0 spiro atoms. The Morgan fingerprint density at radius 3 is 2.58 bits per heavy atom. The van der Waals surface area contributed by atoms with E-state index in [1.807, 2.05) is 6.07 Å². The molecule has 5 rings (SSSR count). The molecule has 2 aliphatic heterocycles. The van der Waals surface area contributed by atoms with E-state index in [1.54, 1.807) is 25.3 Å². The summed E-state index contributed by atoms with van der Waals surface area (Å²) in [6.45, 7) is 1.98. The Kier molecular flexibility index (Phi) is 6.87. The highest BCUT2D eigenvalue weighted by atomic mass is 19.4. The number of carboxylic acids is 1. The van der Waals surface area contributed by atoms with Crippen LogP contribution in [-0.4, -0.2) is 48.9 Å². The zero-order chi connectivity index (χ0) is 25.4. The Hall–Kier alpha value is -2.78. The first-order valence-corrected chi connectivity index (χ1v) is 12.3. The van der Waals surface area contributed by atoms with Gasteiger partial charge in [-0.1, -0.05) is 12.1 Å². The minimum absolute atomic E-state index is 0.00331. The molecule has 2 heterocycles. The third-order valence-electron chi connectivity index (χ3n) is 7.59. The molecule has 0 amide bonds. The molecular formula is C27H30F3NO5. The normalized spacial score (nSPS) is 22.2. The second kappa shape index (κ2) is 9.94. The van der Waals surface area contributed by atoms with E-state index >= 15 is 0 Å². The number of aliphatic carboxylic acids is 1. The number of fused-ring (bicyclic) bond motifs is 2. The monoisotopic (exact) mass is 505 g/mol. The van der Waals surface area contributed by atoms with Crippen LogP contribution in [0.3, 0.4) is 0 Å². The van der Waals surface area contributed by atoms with Gasteiger partial charge in [0, 0.05) is 44.3 Å². The van der Waals surface area contributed by atoms with E-state index < -0.39 is 17.7 Å². The predicted molar refractivity (Wildman–Crippen MR) is 125 cm³/mol. The number of hydrogen-bond donors (Lipinski definition) is 1. The number of nitrogens with zero attached hydrogens (tertiary/aromatic N) is 1. The molecule has 0 aromatic heterocycles. The number of carboxylic acid groups (broad SMARTS) is 1. The fraction of sp³-hybridized carbons (Fsp3) is 0.519. The van der Waals surface area contributed by atoms with E-state index in [0.29, 0.717) is 49.6 Å². The summed E-state index contributed by atoms with van der Waals surface area (Å²) in [5.41, 5.74) is 2.17. The van der Waals surface area contributed by atoms with Crippen LogP contribution in [0, 0.1) is 0 Å². The number of piperidine rings is 1. The lowest BCUT2D eigenvalue weighted by Gasteiger charge is -2.32. The van der Waals surface area contributed by atoms with E-state index in [4.69, 9.17) is 19.3 Å². The molecule has 0 saturated carbocycles. The highest BCUT2D eigenvalue weighted by Gasteiger charge is 2.38. The molecule has 0 bridgehead atoms. The first kappa shape index (κ1) is 24.9. The number of ether oxygens (including phenoxy) is 3. The van der Waals surface area contributed by atoms with Crippen molar-refractivity contribution in [3.63, 3.8) is 0 Å². The van der Waals surface area contributed by atoms with Gasteiger partial charge in [0.2, 0.25) is 0 Å². The molecule has 6 nitrogen and oxygen atoms in total. The fourth-order valence-electron chi connectivity index (χ4n) is 5.71. The van der Waals surface area contributed by atoms with Crippen LogP contribution in [0.5, 0.6) is 11.5 Å². The summed E-state index contributed by atoms with van der Waals surface area (Å²) in [4.78, 5) is 13.2. The van der Waals surface area contributed by atoms with Gasteiger partial charge in [-0.25, -0.2) is 0 Å². The van der Waals surface area contributed by atoms with Crippen LogP contribution in [0.1, 0.15) is 65.5 Å². The molecule has 2 atom stereocenters. The van der Waals surface area contributed by atoms with Gasteiger partial charge in [0.1, 0.15) is 17.6 Å². The maximum Gasteiger partial charge on any atom is 0.416 e. The molecule has 1 N–H and O–H groups in total. The summed E-state index contributed by atoms with van der Waals surface area (Å²) in [6.07, 6.45) is -1.87. The Bertz CT molecular complexity index is 1130. The van der Waals surface area contributed by atoms with E-state index in [0.717, 1.165) is 29.5 Å². The van der Waals surface area contributed by atoms with E-state index in [-0.39, 0.29) is 31.1 Å². The van der Waals surface area contributed by atoms with Crippen molar-refractivity contribution in [2.24, 2.45) is 0 Å². The minimum atomic E-state index is -4.42. The topological polar surface area (TPSA) is 68.2 Å². The van der Waals surface area contributed by atoms with Gasteiger partial charge in [-0.3, -0.25) is 9.69 Å². The smallest absolute Gasteiger partial charge is 0.416 e. The van der Waals surface area contributed by atoms with Crippen LogP contribution in [0.2, 0.25) is 0 Å². The zero-order valence-corrected chi connectivity index (χ0v) is 20.1. The molecule has 1 saturated heterocycles. The summed E-state index contributed by atoms with van der Waals surface area (Å²) < 4.78 is 59.2. The molecular weight excluding hydrogens is 475 g/mol. The van der Waals surface area contributed by atoms with Crippen molar-refractivity contribution in [2.75, 3.05) is 26.8 Å². The second-order valence-corrected chi connectivity index (χ2v) is 9.82. The van der Waals surface area contributed by atoms with Crippen LogP contribution in [0.15, 0.2) is 30.3 Å². The Balaban J connectivity index is 1.37. The van der Waals surface area contributed by atoms with Crippen molar-refractivity contribution in [2.45, 2.75) is 63.0 Å². The van der Waals surface area contributed by atoms with Gasteiger partial charge in [0.05, 0.1) is 24.7 Å². The van der Waals surface area contributed by atoms with Crippen molar-refractivity contribution in [3.8, 4) is 11.5 Å². The van der Waals surface area contributed by atoms with Crippen molar-refractivity contribution >= 4 is 5.97 Å². The van der Waals surface area contributed by atoms with Gasteiger partial charge in [0.25, 0.3) is 0 Å². The standard InChI is InChI=1S/C27H30F3NO5/c1-34-17-8-10-31(11-9-17)14-22-20-5-7-24(21(20)4-6-23(22)27(28,29)30)36-18-2-3-19-16(12-26(32)33)15-35-25(19)13-18/h2-4,6,13,16-17,24H,5,7-12,14-15H2,1H3,(H,32,33)/t16?,24-/m1/s1. The van der Waals surface area contributed by atoms with E-state index in [9.17, 15) is 18.0 Å². The van der Waals surface area contributed by atoms with Gasteiger partial charge < -0.3 is 19.3 Å². The van der Waals surface area contributed by atoms with Crippen molar-refractivity contribution in [3.05, 3.63) is 58.1 Å². The Labute approximate surface area is 207 Å². The summed E-state index contributed by atoms with van der Waals surface area (Å²) >= 11 is 0. The SMILES string of the molecule is COC1CCN(Cc2c(C(F)(F)F)ccc3c2CC[C@H]3Oc2ccc3c(c2)OCC3CC(=O)O)CC1. The highest BCUT2D eigenvalue weighted by Crippen LogP contribution is 2.44. The molecule has 36 heavy (non-hydrogen) atoms. The lowest BCUT2D eigenvalue weighted by atomic mass is 9.95. The molecule has 2 aromatic carbocycles. The zero-order valence-electron chi connectivity index (χ0n) is 20.1. The van der Waals surface area contributed by atoms with Gasteiger partial charge in [-0.15, -0.1) is 0 Å². The number of halogens is 3. The third-order valence-corrected chi connectivity index (χ3v) is 7.59. The van der Waals surface area contributed by atoms with E-state index in [1.165, 1.54) is 6.07 Å². The molecule has 0 radical (unpaired) electrons. The van der Waals surface area contributed by atoms with Gasteiger partial charge in [0.15, 0.2) is 0 Å². The first-order chi connectivity index (χ1) is 17.2. The van der Waals surface area contributed by atoms with Crippen molar-refractivity contribution in [1.29, 1.82) is 0 Å². The van der Waals surface area contributed by atoms with Crippen LogP contribution in [0.4, 0.5) is 13.2 Å². The van der Waals surface area contributed by atoms with Gasteiger partial charge in [-0.05, 0) is 54.5 Å². The molecule has 1 unspecified atom stereocenters. The fourth-order valence-corrected chi connectivity index (χ4v) is 5.71. The maximum atomic E-state index is 13.9. The van der Waals surface area contributed by atoms with Crippen molar-refractivity contribution < 1.29 is 37.3 Å². The van der Waals surface area contributed by atoms with Crippen molar-refractivity contribution in [1.82, 2.24) is 4.90 Å². The number of carbonyl (C=O) groups is 1. The Morgan fingerprint density at radius 1 is 1.14 bits per heavy atom. The number of likely N-dealkylation sites (tertiary alicyclic amines) is 1. The molecule has 1 aliphatic carbocycles. The number of alkyl halides is 3. The van der Waals surface area contributed by atoms with Crippen LogP contribution >= 0.6 is 0 Å². The van der Waals surface area contributed by atoms with Crippen LogP contribution < -0.4 is 9.47 Å². The summed E-state index contributed by atoms with van der Waals surface area (Å²) in [6, 6.07) is 8.11. The average Bonchev–Trinajstić information content (AvgIpc) is 3.43. The number of hydrogen-bond acceptors (Lipinski definition) is 5. The highest BCUT2D eigenvalue weighted by molar-refractivity contribution is 5.68. The summed E-state index contributed by atoms with van der Waals surface area (Å²) in [7, 11) is 1.67. The number of rotatable bonds is 7. The maximum absolute atomic E-state index is 13.9. The van der Waals surface area contributed by atoms with Gasteiger partial charge >= 0.3 is 12.1 Å². The minimum Gasteiger partial charge on any atom is -0.492 e. The second-order valence-electron chi connectivity index (χ2n) is 9.82. The molecule has 9 heteroatoms. The predicted octanol–water partition coefficient (Wildman–Crippen LogP) is 5.33. The quantitative estimate of drug-likeness (QED) is 0.549. The van der Waals surface area contributed by atoms with Crippen LogP contribution in [-0.2, 0) is 28.7 Å². The van der Waals surface area contributed by atoms with Crippen LogP contribution in [0.25, 0.3) is 0 Å². The summed E-state index contributed by atoms with van der Waals surface area (Å²) in [5.74, 6) is 0.0858. The first-order valence-electron chi connectivity index (χ1n) is 12.3. The molecule has 3 aliphatic rings. The lowest BCUT2D eigenvalue weighted by molar-refractivity contribution is -0.139. The average molecular weight is 506 g/mol. The Morgan fingerprint density at radius 2 is 1.89 bits per heavy atom. The number of methoxy groups -OCH3 is 1. The van der Waals surface area contributed by atoms with Gasteiger partial charge in [-0.2, -0.15) is 13.2 Å². The largest absolute Gasteiger partial charge is 0.492 e. The summed E-state index contributed by atoms with van der Waals surface area (Å²) in [5, 5.41) is 9.10. The third kappa shape index (κ3) is 5.04. The number of benzene rings is 2. The lowest BCUT2D eigenvalue weighted by Crippen LogP contribution is -2.36.